The minimum atomic E-state index is -1.06. The van der Waals surface area contributed by atoms with Crippen LogP contribution in [0.4, 0.5) is 10.5 Å². The predicted octanol–water partition coefficient (Wildman–Crippen LogP) is 1.85. The number of hydrogen-bond acceptors (Lipinski definition) is 4. The first-order valence-corrected chi connectivity index (χ1v) is 7.63. The number of aromatic amines is 1. The van der Waals surface area contributed by atoms with Crippen molar-refractivity contribution < 1.29 is 19.4 Å². The van der Waals surface area contributed by atoms with E-state index in [4.69, 9.17) is 4.74 Å². The van der Waals surface area contributed by atoms with Crippen molar-refractivity contribution in [3.8, 4) is 5.75 Å². The number of anilines is 1. The molecule has 8 heteroatoms. The highest BCUT2D eigenvalue weighted by Gasteiger charge is 2.36. The number of fused-ring (bicyclic) bond motifs is 1. The van der Waals surface area contributed by atoms with E-state index < -0.39 is 18.0 Å². The highest BCUT2D eigenvalue weighted by Crippen LogP contribution is 2.26. The number of rotatable bonds is 4. The van der Waals surface area contributed by atoms with E-state index in [-0.39, 0.29) is 13.0 Å². The molecule has 1 aliphatic heterocycles. The lowest BCUT2D eigenvalue weighted by Crippen LogP contribution is -2.50. The largest absolute Gasteiger partial charge is 0.492 e. The van der Waals surface area contributed by atoms with E-state index in [0.717, 1.165) is 5.69 Å². The highest BCUT2D eigenvalue weighted by molar-refractivity contribution is 5.93. The van der Waals surface area contributed by atoms with Crippen molar-refractivity contribution in [1.29, 1.82) is 0 Å². The Hall–Kier alpha value is -3.03. The van der Waals surface area contributed by atoms with Gasteiger partial charge in [0.25, 0.3) is 0 Å². The molecule has 3 rings (SSSR count). The third-order valence-corrected chi connectivity index (χ3v) is 3.87. The normalized spacial score (nSPS) is 16.4. The molecule has 2 amide bonds. The second kappa shape index (κ2) is 6.61. The molecule has 0 saturated heterocycles. The van der Waals surface area contributed by atoms with E-state index in [9.17, 15) is 14.7 Å². The first-order chi connectivity index (χ1) is 11.6. The Kier molecular flexibility index (Phi) is 4.37. The number of carboxylic acids is 1. The van der Waals surface area contributed by atoms with Crippen LogP contribution in [0.15, 0.2) is 30.6 Å². The molecule has 0 saturated carbocycles. The van der Waals surface area contributed by atoms with Gasteiger partial charge in [0.05, 0.1) is 36.6 Å². The van der Waals surface area contributed by atoms with Crippen molar-refractivity contribution in [3.05, 3.63) is 42.0 Å². The maximum absolute atomic E-state index is 12.6. The Morgan fingerprint density at radius 2 is 2.25 bits per heavy atom. The third-order valence-electron chi connectivity index (χ3n) is 3.87. The number of aliphatic carboxylic acids is 1. The number of carboxylic acid groups (broad SMARTS) is 1. The predicted molar refractivity (Wildman–Crippen MR) is 85.9 cm³/mol. The van der Waals surface area contributed by atoms with Crippen LogP contribution < -0.4 is 10.1 Å². The van der Waals surface area contributed by atoms with Crippen molar-refractivity contribution in [2.45, 2.75) is 25.9 Å². The monoisotopic (exact) mass is 330 g/mol. The van der Waals surface area contributed by atoms with Crippen LogP contribution in [0, 0.1) is 0 Å². The SMILES string of the molecule is CCOc1ccccc1NC(=O)N1Cc2[nH]cnc2CC1C(=O)O. The van der Waals surface area contributed by atoms with Gasteiger partial charge in [-0.3, -0.25) is 0 Å². The lowest BCUT2D eigenvalue weighted by molar-refractivity contribution is -0.142. The summed E-state index contributed by atoms with van der Waals surface area (Å²) in [6, 6.07) is 5.59. The molecule has 8 nitrogen and oxygen atoms in total. The molecule has 1 aromatic carbocycles. The van der Waals surface area contributed by atoms with E-state index in [0.29, 0.717) is 23.7 Å². The summed E-state index contributed by atoms with van der Waals surface area (Å²) in [4.78, 5) is 32.5. The average molecular weight is 330 g/mol. The number of nitrogens with one attached hydrogen (secondary N) is 2. The molecule has 0 fully saturated rings. The number of hydrogen-bond donors (Lipinski definition) is 3. The molecule has 2 heterocycles. The van der Waals surface area contributed by atoms with Gasteiger partial charge in [-0.2, -0.15) is 0 Å². The quantitative estimate of drug-likeness (QED) is 0.793. The number of amides is 2. The molecule has 126 valence electrons. The number of aromatic nitrogens is 2. The zero-order valence-corrected chi connectivity index (χ0v) is 13.2. The van der Waals surface area contributed by atoms with Gasteiger partial charge < -0.3 is 25.0 Å². The van der Waals surface area contributed by atoms with E-state index in [1.54, 1.807) is 24.3 Å². The van der Waals surface area contributed by atoms with E-state index >= 15 is 0 Å². The summed E-state index contributed by atoms with van der Waals surface area (Å²) in [6.45, 7) is 2.48. The molecule has 24 heavy (non-hydrogen) atoms. The van der Waals surface area contributed by atoms with Gasteiger partial charge in [-0.15, -0.1) is 0 Å². The zero-order chi connectivity index (χ0) is 17.1. The van der Waals surface area contributed by atoms with Gasteiger partial charge in [0, 0.05) is 6.42 Å². The second-order valence-corrected chi connectivity index (χ2v) is 5.37. The van der Waals surface area contributed by atoms with Gasteiger partial charge in [0.1, 0.15) is 11.8 Å². The Morgan fingerprint density at radius 3 is 3.00 bits per heavy atom. The number of imidazole rings is 1. The third kappa shape index (κ3) is 3.03. The number of carbonyl (C=O) groups is 2. The maximum atomic E-state index is 12.6. The number of benzene rings is 1. The summed E-state index contributed by atoms with van der Waals surface area (Å²) < 4.78 is 5.48. The number of ether oxygens (including phenoxy) is 1. The molecule has 1 atom stereocenters. The number of H-pyrrole nitrogens is 1. The lowest BCUT2D eigenvalue weighted by Gasteiger charge is -2.32. The smallest absolute Gasteiger partial charge is 0.326 e. The van der Waals surface area contributed by atoms with Crippen molar-refractivity contribution in [2.24, 2.45) is 0 Å². The maximum Gasteiger partial charge on any atom is 0.326 e. The van der Waals surface area contributed by atoms with Crippen LogP contribution in [-0.4, -0.2) is 44.6 Å². The van der Waals surface area contributed by atoms with E-state index in [2.05, 4.69) is 15.3 Å². The van der Waals surface area contributed by atoms with Crippen molar-refractivity contribution in [1.82, 2.24) is 14.9 Å². The summed E-state index contributed by atoms with van der Waals surface area (Å²) in [5.74, 6) is -0.517. The molecular formula is C16H18N4O4. The fourth-order valence-electron chi connectivity index (χ4n) is 2.71. The van der Waals surface area contributed by atoms with Crippen LogP contribution in [0.3, 0.4) is 0 Å². The Labute approximate surface area is 138 Å². The average Bonchev–Trinajstić information content (AvgIpc) is 3.03. The Morgan fingerprint density at radius 1 is 1.46 bits per heavy atom. The zero-order valence-electron chi connectivity index (χ0n) is 13.2. The van der Waals surface area contributed by atoms with Gasteiger partial charge in [-0.1, -0.05) is 12.1 Å². The lowest BCUT2D eigenvalue weighted by atomic mass is 10.0. The van der Waals surface area contributed by atoms with Gasteiger partial charge in [0.2, 0.25) is 0 Å². The summed E-state index contributed by atoms with van der Waals surface area (Å²) >= 11 is 0. The second-order valence-electron chi connectivity index (χ2n) is 5.37. The van der Waals surface area contributed by atoms with E-state index in [1.807, 2.05) is 6.92 Å². The van der Waals surface area contributed by atoms with Crippen LogP contribution in [-0.2, 0) is 17.8 Å². The van der Waals surface area contributed by atoms with Gasteiger partial charge >= 0.3 is 12.0 Å². The van der Waals surface area contributed by atoms with Gasteiger partial charge in [-0.05, 0) is 19.1 Å². The molecule has 0 aliphatic carbocycles. The van der Waals surface area contributed by atoms with Gasteiger partial charge in [-0.25, -0.2) is 14.6 Å². The molecule has 3 N–H and O–H groups in total. The van der Waals surface area contributed by atoms with Crippen LogP contribution in [0.2, 0.25) is 0 Å². The van der Waals surface area contributed by atoms with E-state index in [1.165, 1.54) is 11.2 Å². The first kappa shape index (κ1) is 15.9. The van der Waals surface area contributed by atoms with Crippen LogP contribution >= 0.6 is 0 Å². The summed E-state index contributed by atoms with van der Waals surface area (Å²) in [7, 11) is 0. The Bertz CT molecular complexity index is 758. The van der Waals surface area contributed by atoms with Crippen molar-refractivity contribution in [2.75, 3.05) is 11.9 Å². The van der Waals surface area contributed by atoms with Crippen LogP contribution in [0.1, 0.15) is 18.3 Å². The number of para-hydroxylation sites is 2. The van der Waals surface area contributed by atoms with Crippen LogP contribution in [0.5, 0.6) is 5.75 Å². The summed E-state index contributed by atoms with van der Waals surface area (Å²) in [5, 5.41) is 12.2. The number of nitrogens with zero attached hydrogens (tertiary/aromatic N) is 2. The summed E-state index contributed by atoms with van der Waals surface area (Å²) in [6.07, 6.45) is 1.68. The molecule has 1 aromatic heterocycles. The molecular weight excluding hydrogens is 312 g/mol. The highest BCUT2D eigenvalue weighted by atomic mass is 16.5. The molecule has 1 unspecified atom stereocenters. The van der Waals surface area contributed by atoms with Gasteiger partial charge in [0.15, 0.2) is 0 Å². The minimum Gasteiger partial charge on any atom is -0.492 e. The van der Waals surface area contributed by atoms with Crippen molar-refractivity contribution >= 4 is 17.7 Å². The molecule has 1 aliphatic rings. The molecule has 0 bridgehead atoms. The topological polar surface area (TPSA) is 108 Å². The number of urea groups is 1. The Balaban J connectivity index is 1.82. The van der Waals surface area contributed by atoms with Crippen molar-refractivity contribution in [3.63, 3.8) is 0 Å². The minimum absolute atomic E-state index is 0.162. The van der Waals surface area contributed by atoms with Crippen LogP contribution in [0.25, 0.3) is 0 Å². The number of carbonyl (C=O) groups excluding carboxylic acids is 1. The molecule has 2 aromatic rings. The first-order valence-electron chi connectivity index (χ1n) is 7.63. The molecule has 0 spiro atoms. The fourth-order valence-corrected chi connectivity index (χ4v) is 2.71. The fraction of sp³-hybridized carbons (Fsp3) is 0.312. The standard InChI is InChI=1S/C16H18N4O4/c1-2-24-14-6-4-3-5-10(14)19-16(23)20-8-12-11(17-9-18-12)7-13(20)15(21)22/h3-6,9,13H,2,7-8H2,1H3,(H,17,18)(H,19,23)(H,21,22). The summed E-state index contributed by atoms with van der Waals surface area (Å²) in [5.41, 5.74) is 1.94. The molecule has 0 radical (unpaired) electrons.